The minimum absolute atomic E-state index is 0.0617. The summed E-state index contributed by atoms with van der Waals surface area (Å²) in [5, 5.41) is 20.2. The largest absolute Gasteiger partial charge is 0.508 e. The van der Waals surface area contributed by atoms with E-state index in [-0.39, 0.29) is 5.75 Å². The van der Waals surface area contributed by atoms with Gasteiger partial charge in [-0.3, -0.25) is 4.90 Å². The fourth-order valence-electron chi connectivity index (χ4n) is 2.42. The van der Waals surface area contributed by atoms with Crippen molar-refractivity contribution in [3.8, 4) is 5.75 Å². The number of aliphatic hydroxyl groups is 1. The van der Waals surface area contributed by atoms with Gasteiger partial charge in [0, 0.05) is 30.6 Å². The smallest absolute Gasteiger partial charge is 0.336 e. The molecule has 1 aromatic heterocycles. The molecule has 0 fully saturated rings. The molecule has 5 nitrogen and oxygen atoms in total. The number of benzene rings is 1. The van der Waals surface area contributed by atoms with Crippen LogP contribution in [0.3, 0.4) is 0 Å². The highest BCUT2D eigenvalue weighted by Crippen LogP contribution is 2.23. The summed E-state index contributed by atoms with van der Waals surface area (Å²) < 4.78 is 5.12. The molecule has 0 bridgehead atoms. The normalized spacial score (nSPS) is 12.2. The zero-order valence-corrected chi connectivity index (χ0v) is 12.6. The maximum absolute atomic E-state index is 11.7. The van der Waals surface area contributed by atoms with Gasteiger partial charge in [-0.2, -0.15) is 0 Å². The molecule has 0 aliphatic carbocycles. The van der Waals surface area contributed by atoms with Gasteiger partial charge in [-0.05, 0) is 38.1 Å². The number of likely N-dealkylation sites (N-methyl/N-ethyl adjacent to an activating group) is 1. The average molecular weight is 291 g/mol. The molecule has 2 aromatic rings. The first-order chi connectivity index (χ1) is 9.78. The Labute approximate surface area is 123 Å². The van der Waals surface area contributed by atoms with Crippen LogP contribution in [0.5, 0.6) is 5.75 Å². The van der Waals surface area contributed by atoms with Crippen LogP contribution in [0, 0.1) is 0 Å². The zero-order valence-electron chi connectivity index (χ0n) is 12.6. The van der Waals surface area contributed by atoms with Crippen molar-refractivity contribution in [2.24, 2.45) is 0 Å². The van der Waals surface area contributed by atoms with Gasteiger partial charge in [0.25, 0.3) is 0 Å². The third-order valence-electron chi connectivity index (χ3n) is 3.27. The van der Waals surface area contributed by atoms with Gasteiger partial charge in [0.05, 0.1) is 5.60 Å². The van der Waals surface area contributed by atoms with Crippen molar-refractivity contribution in [2.75, 3.05) is 13.1 Å². The summed E-state index contributed by atoms with van der Waals surface area (Å²) >= 11 is 0. The molecule has 1 heterocycles. The Morgan fingerprint density at radius 1 is 1.29 bits per heavy atom. The van der Waals surface area contributed by atoms with Crippen LogP contribution in [-0.4, -0.2) is 33.8 Å². The molecule has 0 unspecified atom stereocenters. The van der Waals surface area contributed by atoms with Gasteiger partial charge in [0.2, 0.25) is 0 Å². The molecule has 0 aliphatic rings. The Hall–Kier alpha value is -1.85. The van der Waals surface area contributed by atoms with Crippen LogP contribution in [0.1, 0.15) is 26.3 Å². The Morgan fingerprint density at radius 2 is 2.00 bits per heavy atom. The van der Waals surface area contributed by atoms with E-state index in [0.29, 0.717) is 18.7 Å². The fourth-order valence-corrected chi connectivity index (χ4v) is 2.42. The number of rotatable bonds is 5. The van der Waals surface area contributed by atoms with E-state index in [1.54, 1.807) is 26.0 Å². The molecule has 1 aromatic carbocycles. The van der Waals surface area contributed by atoms with Crippen LogP contribution in [0.2, 0.25) is 0 Å². The Kier molecular flexibility index (Phi) is 4.34. The van der Waals surface area contributed by atoms with Gasteiger partial charge >= 0.3 is 5.63 Å². The molecule has 2 N–H and O–H groups in total. The van der Waals surface area contributed by atoms with Crippen LogP contribution in [0.15, 0.2) is 33.5 Å². The van der Waals surface area contributed by atoms with Crippen LogP contribution in [0.4, 0.5) is 0 Å². The topological polar surface area (TPSA) is 73.9 Å². The standard InChI is InChI=1S/C16H21NO4/c1-4-17(10-16(2,3)20)9-11-7-15(19)21-14-8-12(18)5-6-13(11)14/h5-8,18,20H,4,9-10H2,1-3H3. The monoisotopic (exact) mass is 291 g/mol. The van der Waals surface area contributed by atoms with Crippen molar-refractivity contribution in [1.29, 1.82) is 0 Å². The van der Waals surface area contributed by atoms with Gasteiger partial charge in [0.1, 0.15) is 11.3 Å². The molecule has 0 amide bonds. The van der Waals surface area contributed by atoms with Gasteiger partial charge < -0.3 is 14.6 Å². The highest BCUT2D eigenvalue weighted by atomic mass is 16.4. The number of fused-ring (bicyclic) bond motifs is 1. The van der Waals surface area contributed by atoms with Crippen LogP contribution in [0.25, 0.3) is 11.0 Å². The third-order valence-corrected chi connectivity index (χ3v) is 3.27. The SMILES string of the molecule is CCN(Cc1cc(=O)oc2cc(O)ccc12)CC(C)(C)O. The summed E-state index contributed by atoms with van der Waals surface area (Å²) in [6, 6.07) is 6.21. The number of nitrogens with zero attached hydrogens (tertiary/aromatic N) is 1. The molecular weight excluding hydrogens is 270 g/mol. The molecule has 0 saturated carbocycles. The predicted molar refractivity (Wildman–Crippen MR) is 81.4 cm³/mol. The lowest BCUT2D eigenvalue weighted by atomic mass is 10.1. The molecule has 21 heavy (non-hydrogen) atoms. The van der Waals surface area contributed by atoms with Gasteiger partial charge in [0.15, 0.2) is 0 Å². The minimum Gasteiger partial charge on any atom is -0.508 e. The number of phenolic OH excluding ortho intramolecular Hbond substituents is 1. The second-order valence-electron chi connectivity index (χ2n) is 5.89. The van der Waals surface area contributed by atoms with Crippen LogP contribution in [-0.2, 0) is 6.54 Å². The van der Waals surface area contributed by atoms with E-state index in [2.05, 4.69) is 4.90 Å². The first kappa shape index (κ1) is 15.5. The summed E-state index contributed by atoms with van der Waals surface area (Å²) in [4.78, 5) is 13.7. The lowest BCUT2D eigenvalue weighted by molar-refractivity contribution is 0.0354. The summed E-state index contributed by atoms with van der Waals surface area (Å²) in [6.07, 6.45) is 0. The molecule has 0 saturated heterocycles. The molecule has 0 aliphatic heterocycles. The Balaban J connectivity index is 2.39. The van der Waals surface area contributed by atoms with Crippen molar-refractivity contribution < 1.29 is 14.6 Å². The van der Waals surface area contributed by atoms with E-state index in [9.17, 15) is 15.0 Å². The van der Waals surface area contributed by atoms with E-state index < -0.39 is 11.2 Å². The van der Waals surface area contributed by atoms with E-state index in [1.807, 2.05) is 6.92 Å². The van der Waals surface area contributed by atoms with Crippen molar-refractivity contribution in [3.05, 3.63) is 40.2 Å². The first-order valence-electron chi connectivity index (χ1n) is 6.99. The Bertz CT molecular complexity index is 685. The van der Waals surface area contributed by atoms with E-state index in [4.69, 9.17) is 4.42 Å². The summed E-state index contributed by atoms with van der Waals surface area (Å²) in [6.45, 7) is 7.31. The second-order valence-corrected chi connectivity index (χ2v) is 5.89. The van der Waals surface area contributed by atoms with Gasteiger partial charge in [-0.15, -0.1) is 0 Å². The van der Waals surface area contributed by atoms with Crippen LogP contribution < -0.4 is 5.63 Å². The van der Waals surface area contributed by atoms with E-state index >= 15 is 0 Å². The van der Waals surface area contributed by atoms with Crippen molar-refractivity contribution >= 4 is 11.0 Å². The zero-order chi connectivity index (χ0) is 15.6. The second kappa shape index (κ2) is 5.87. The minimum atomic E-state index is -0.802. The average Bonchev–Trinajstić information content (AvgIpc) is 2.35. The molecule has 0 radical (unpaired) electrons. The van der Waals surface area contributed by atoms with Gasteiger partial charge in [-0.1, -0.05) is 6.92 Å². The van der Waals surface area contributed by atoms with E-state index in [1.165, 1.54) is 12.1 Å². The molecule has 5 heteroatoms. The third kappa shape index (κ3) is 4.06. The highest BCUT2D eigenvalue weighted by molar-refractivity contribution is 5.81. The van der Waals surface area contributed by atoms with Gasteiger partial charge in [-0.25, -0.2) is 4.79 Å². The predicted octanol–water partition coefficient (Wildman–Crippen LogP) is 2.09. The molecule has 0 spiro atoms. The van der Waals surface area contributed by atoms with Crippen LogP contribution >= 0.6 is 0 Å². The van der Waals surface area contributed by atoms with Crippen molar-refractivity contribution in [3.63, 3.8) is 0 Å². The van der Waals surface area contributed by atoms with Crippen molar-refractivity contribution in [1.82, 2.24) is 4.90 Å². The first-order valence-corrected chi connectivity index (χ1v) is 6.99. The maximum Gasteiger partial charge on any atom is 0.336 e. The highest BCUT2D eigenvalue weighted by Gasteiger charge is 2.18. The molecule has 2 rings (SSSR count). The molecule has 0 atom stereocenters. The summed E-state index contributed by atoms with van der Waals surface area (Å²) in [5.74, 6) is 0.0617. The fraction of sp³-hybridized carbons (Fsp3) is 0.438. The molecular formula is C16H21NO4. The number of hydrogen-bond donors (Lipinski definition) is 2. The quantitative estimate of drug-likeness (QED) is 0.825. The van der Waals surface area contributed by atoms with E-state index in [0.717, 1.165) is 17.5 Å². The Morgan fingerprint density at radius 3 is 2.62 bits per heavy atom. The lowest BCUT2D eigenvalue weighted by Gasteiger charge is -2.28. The lowest BCUT2D eigenvalue weighted by Crippen LogP contribution is -2.38. The number of hydrogen-bond acceptors (Lipinski definition) is 5. The number of phenols is 1. The summed E-state index contributed by atoms with van der Waals surface area (Å²) in [7, 11) is 0. The molecule has 114 valence electrons. The maximum atomic E-state index is 11.7. The number of aromatic hydroxyl groups is 1. The summed E-state index contributed by atoms with van der Waals surface area (Å²) in [5.41, 5.74) is -0.0460. The van der Waals surface area contributed by atoms with Crippen molar-refractivity contribution in [2.45, 2.75) is 32.9 Å².